The van der Waals surface area contributed by atoms with Crippen molar-refractivity contribution in [3.05, 3.63) is 41.6 Å². The molecule has 2 aromatic heterocycles. The summed E-state index contributed by atoms with van der Waals surface area (Å²) in [5, 5.41) is 8.86. The molecule has 0 spiro atoms. The summed E-state index contributed by atoms with van der Waals surface area (Å²) in [6.45, 7) is 1.38. The highest BCUT2D eigenvalue weighted by molar-refractivity contribution is 5.84. The van der Waals surface area contributed by atoms with Crippen molar-refractivity contribution in [2.75, 3.05) is 18.0 Å². The first-order valence-corrected chi connectivity index (χ1v) is 7.87. The fourth-order valence-corrected chi connectivity index (χ4v) is 3.37. The Balaban J connectivity index is 1.62. The van der Waals surface area contributed by atoms with E-state index in [1.54, 1.807) is 0 Å². The molecule has 9 heteroatoms. The van der Waals surface area contributed by atoms with Gasteiger partial charge in [-0.25, -0.2) is 14.8 Å². The number of fused-ring (bicyclic) bond motifs is 1. The molecule has 25 heavy (non-hydrogen) atoms. The number of carboxylic acid groups (broad SMARTS) is 1. The lowest BCUT2D eigenvalue weighted by Crippen LogP contribution is -2.24. The van der Waals surface area contributed by atoms with E-state index >= 15 is 0 Å². The average Bonchev–Trinajstić information content (AvgIpc) is 2.96. The molecule has 2 atom stereocenters. The summed E-state index contributed by atoms with van der Waals surface area (Å²) in [7, 11) is 0. The Kier molecular flexibility index (Phi) is 3.48. The molecule has 3 heterocycles. The molecule has 0 aromatic carbocycles. The maximum absolute atomic E-state index is 13.5. The third-order valence-electron chi connectivity index (χ3n) is 4.79. The molecule has 0 bridgehead atoms. The van der Waals surface area contributed by atoms with Crippen LogP contribution in [0, 0.1) is 11.8 Å². The first-order valence-electron chi connectivity index (χ1n) is 7.87. The molecule has 4 rings (SSSR count). The normalized spacial score (nSPS) is 22.1. The zero-order valence-electron chi connectivity index (χ0n) is 13.1. The first kappa shape index (κ1) is 15.9. The summed E-state index contributed by atoms with van der Waals surface area (Å²) in [4.78, 5) is 20.6. The van der Waals surface area contributed by atoms with E-state index in [-0.39, 0.29) is 17.8 Å². The molecule has 1 saturated carbocycles. The lowest BCUT2D eigenvalue weighted by Gasteiger charge is -2.21. The predicted octanol–water partition coefficient (Wildman–Crippen LogP) is 2.50. The van der Waals surface area contributed by atoms with Crippen LogP contribution in [0.1, 0.15) is 28.0 Å². The van der Waals surface area contributed by atoms with Crippen molar-refractivity contribution in [3.63, 3.8) is 0 Å². The van der Waals surface area contributed by atoms with Crippen LogP contribution in [0.25, 0.3) is 0 Å². The number of anilines is 1. The maximum atomic E-state index is 13.5. The van der Waals surface area contributed by atoms with Gasteiger partial charge in [-0.1, -0.05) is 0 Å². The van der Waals surface area contributed by atoms with Gasteiger partial charge in [0.2, 0.25) is 0 Å². The summed E-state index contributed by atoms with van der Waals surface area (Å²) in [6, 6.07) is 1.09. The zero-order chi connectivity index (χ0) is 17.8. The highest BCUT2D eigenvalue weighted by atomic mass is 19.4. The number of rotatable bonds is 4. The number of hydrogen-bond acceptors (Lipinski definition) is 4. The van der Waals surface area contributed by atoms with Crippen molar-refractivity contribution >= 4 is 11.8 Å². The van der Waals surface area contributed by atoms with Crippen molar-refractivity contribution < 1.29 is 23.1 Å². The van der Waals surface area contributed by atoms with Crippen LogP contribution in [0.3, 0.4) is 0 Å². The third kappa shape index (κ3) is 3.06. The van der Waals surface area contributed by atoms with E-state index in [0.29, 0.717) is 17.7 Å². The second-order valence-electron chi connectivity index (χ2n) is 6.59. The van der Waals surface area contributed by atoms with E-state index in [0.717, 1.165) is 25.6 Å². The van der Waals surface area contributed by atoms with Crippen LogP contribution in [-0.2, 0) is 12.7 Å². The molecule has 0 amide bonds. The van der Waals surface area contributed by atoms with Gasteiger partial charge in [-0.2, -0.15) is 13.2 Å². The SMILES string of the molecule is O=C(O)c1cn(Cc2cnc(N3CC4CC4C3)cc2C(F)(F)F)cn1. The fraction of sp³-hybridized carbons (Fsp3) is 0.438. The number of halogens is 3. The van der Waals surface area contributed by atoms with E-state index < -0.39 is 17.7 Å². The van der Waals surface area contributed by atoms with Gasteiger partial charge in [-0.15, -0.1) is 0 Å². The maximum Gasteiger partial charge on any atom is 0.416 e. The van der Waals surface area contributed by atoms with E-state index in [1.807, 2.05) is 4.90 Å². The van der Waals surface area contributed by atoms with Gasteiger partial charge in [0.05, 0.1) is 18.4 Å². The first-order chi connectivity index (χ1) is 11.8. The molecule has 2 aromatic rings. The second kappa shape index (κ2) is 5.47. The largest absolute Gasteiger partial charge is 0.476 e. The molecular weight excluding hydrogens is 337 g/mol. The number of aromatic nitrogens is 3. The highest BCUT2D eigenvalue weighted by Crippen LogP contribution is 2.46. The molecule has 6 nitrogen and oxygen atoms in total. The standard InChI is InChI=1S/C16H15F3N4O2/c17-16(18,19)12-2-14(23-5-9-1-10(9)6-23)20-3-11(12)4-22-7-13(15(24)25)21-8-22/h2-3,7-10H,1,4-6H2,(H,24,25). The van der Waals surface area contributed by atoms with Crippen LogP contribution in [-0.4, -0.2) is 38.7 Å². The number of carboxylic acids is 1. The molecule has 1 N–H and O–H groups in total. The molecule has 2 unspecified atom stereocenters. The third-order valence-corrected chi connectivity index (χ3v) is 4.79. The molecule has 1 saturated heterocycles. The van der Waals surface area contributed by atoms with Gasteiger partial charge in [0.15, 0.2) is 5.69 Å². The van der Waals surface area contributed by atoms with Gasteiger partial charge in [0, 0.05) is 31.0 Å². The molecule has 1 aliphatic heterocycles. The number of imidazole rings is 1. The van der Waals surface area contributed by atoms with E-state index in [9.17, 15) is 18.0 Å². The lowest BCUT2D eigenvalue weighted by atomic mass is 10.1. The molecule has 0 radical (unpaired) electrons. The van der Waals surface area contributed by atoms with Crippen molar-refractivity contribution in [3.8, 4) is 0 Å². The van der Waals surface area contributed by atoms with Gasteiger partial charge in [0.25, 0.3) is 0 Å². The Labute approximate surface area is 140 Å². The Morgan fingerprint density at radius 2 is 2.00 bits per heavy atom. The topological polar surface area (TPSA) is 71.2 Å². The summed E-state index contributed by atoms with van der Waals surface area (Å²) < 4.78 is 41.7. The molecule has 132 valence electrons. The van der Waals surface area contributed by atoms with Crippen molar-refractivity contribution in [2.24, 2.45) is 11.8 Å². The predicted molar refractivity (Wildman–Crippen MR) is 81.3 cm³/mol. The zero-order valence-corrected chi connectivity index (χ0v) is 13.1. The Morgan fingerprint density at radius 1 is 1.28 bits per heavy atom. The fourth-order valence-electron chi connectivity index (χ4n) is 3.37. The average molecular weight is 352 g/mol. The van der Waals surface area contributed by atoms with Crippen molar-refractivity contribution in [1.82, 2.24) is 14.5 Å². The number of alkyl halides is 3. The number of aromatic carboxylic acids is 1. The smallest absolute Gasteiger partial charge is 0.416 e. The van der Waals surface area contributed by atoms with Crippen LogP contribution in [0.5, 0.6) is 0 Å². The number of nitrogens with zero attached hydrogens (tertiary/aromatic N) is 4. The lowest BCUT2D eigenvalue weighted by molar-refractivity contribution is -0.138. The van der Waals surface area contributed by atoms with Crippen molar-refractivity contribution in [2.45, 2.75) is 19.1 Å². The number of piperidine rings is 1. The number of hydrogen-bond donors (Lipinski definition) is 1. The molecular formula is C16H15F3N4O2. The number of carbonyl (C=O) groups is 1. The Morgan fingerprint density at radius 3 is 2.60 bits per heavy atom. The van der Waals surface area contributed by atoms with Crippen LogP contribution in [0.15, 0.2) is 24.8 Å². The van der Waals surface area contributed by atoms with Crippen molar-refractivity contribution in [1.29, 1.82) is 0 Å². The molecule has 2 aliphatic rings. The van der Waals surface area contributed by atoms with E-state index in [4.69, 9.17) is 5.11 Å². The molecule has 2 fully saturated rings. The minimum absolute atomic E-state index is 0.0186. The number of pyridine rings is 1. The minimum Gasteiger partial charge on any atom is -0.476 e. The van der Waals surface area contributed by atoms with Gasteiger partial charge >= 0.3 is 12.1 Å². The van der Waals surface area contributed by atoms with Crippen LogP contribution in [0.2, 0.25) is 0 Å². The Hall–Kier alpha value is -2.58. The second-order valence-corrected chi connectivity index (χ2v) is 6.59. The summed E-state index contributed by atoms with van der Waals surface area (Å²) in [6.07, 6.45) is 0.275. The van der Waals surface area contributed by atoms with Crippen LogP contribution >= 0.6 is 0 Å². The summed E-state index contributed by atoms with van der Waals surface area (Å²) in [5.41, 5.74) is -0.979. The monoisotopic (exact) mass is 352 g/mol. The van der Waals surface area contributed by atoms with Gasteiger partial charge in [0.1, 0.15) is 5.82 Å². The van der Waals surface area contributed by atoms with Gasteiger partial charge in [-0.3, -0.25) is 0 Å². The Bertz CT molecular complexity index is 823. The quantitative estimate of drug-likeness (QED) is 0.915. The van der Waals surface area contributed by atoms with E-state index in [1.165, 1.54) is 23.3 Å². The van der Waals surface area contributed by atoms with E-state index in [2.05, 4.69) is 9.97 Å². The highest BCUT2D eigenvalue weighted by Gasteiger charge is 2.46. The summed E-state index contributed by atoms with van der Waals surface area (Å²) in [5.74, 6) is 0.309. The van der Waals surface area contributed by atoms with Gasteiger partial charge < -0.3 is 14.6 Å². The van der Waals surface area contributed by atoms with Crippen LogP contribution < -0.4 is 4.90 Å². The minimum atomic E-state index is -4.51. The molecule has 1 aliphatic carbocycles. The summed E-state index contributed by atoms with van der Waals surface area (Å²) >= 11 is 0. The van der Waals surface area contributed by atoms with Gasteiger partial charge in [-0.05, 0) is 24.3 Å². The van der Waals surface area contributed by atoms with Crippen LogP contribution in [0.4, 0.5) is 19.0 Å².